The maximum atomic E-state index is 12.9. The van der Waals surface area contributed by atoms with Crippen molar-refractivity contribution >= 4 is 17.5 Å². The molecule has 25 heavy (non-hydrogen) atoms. The molecule has 1 saturated heterocycles. The van der Waals surface area contributed by atoms with Gasteiger partial charge in [0, 0.05) is 36.1 Å². The van der Waals surface area contributed by atoms with E-state index in [0.29, 0.717) is 18.6 Å². The lowest BCUT2D eigenvalue weighted by Gasteiger charge is -2.23. The van der Waals surface area contributed by atoms with Crippen LogP contribution in [0.25, 0.3) is 5.65 Å². The van der Waals surface area contributed by atoms with Crippen LogP contribution < -0.4 is 11.1 Å². The summed E-state index contributed by atoms with van der Waals surface area (Å²) >= 11 is 0. The molecule has 0 aliphatic carbocycles. The van der Waals surface area contributed by atoms with Crippen LogP contribution in [0.1, 0.15) is 42.1 Å². The van der Waals surface area contributed by atoms with Crippen LogP contribution in [0.15, 0.2) is 12.1 Å². The number of fused-ring (bicyclic) bond motifs is 1. The Balaban J connectivity index is 1.90. The van der Waals surface area contributed by atoms with Gasteiger partial charge >= 0.3 is 0 Å². The van der Waals surface area contributed by atoms with Crippen LogP contribution in [0, 0.1) is 13.8 Å². The van der Waals surface area contributed by atoms with Crippen molar-refractivity contribution in [2.24, 2.45) is 5.73 Å². The molecule has 1 fully saturated rings. The van der Waals surface area contributed by atoms with E-state index in [4.69, 9.17) is 5.73 Å². The van der Waals surface area contributed by atoms with Crippen molar-refractivity contribution in [2.45, 2.75) is 52.2 Å². The molecule has 2 aromatic rings. The Labute approximate surface area is 146 Å². The molecule has 0 spiro atoms. The SMILES string of the molecule is Cc1cc(C)n2nc(C(=O)N3C[C@H](N)C[C@H]3C(=O)NC(C)C)cc2n1. The van der Waals surface area contributed by atoms with Gasteiger partial charge in [-0.05, 0) is 40.2 Å². The van der Waals surface area contributed by atoms with Gasteiger partial charge in [-0.25, -0.2) is 9.50 Å². The highest BCUT2D eigenvalue weighted by Gasteiger charge is 2.39. The minimum atomic E-state index is -0.564. The van der Waals surface area contributed by atoms with Gasteiger partial charge in [0.25, 0.3) is 5.91 Å². The van der Waals surface area contributed by atoms with Gasteiger partial charge in [-0.2, -0.15) is 5.10 Å². The topological polar surface area (TPSA) is 106 Å². The summed E-state index contributed by atoms with van der Waals surface area (Å²) in [6, 6.07) is 2.78. The van der Waals surface area contributed by atoms with Crippen LogP contribution in [-0.4, -0.2) is 56.0 Å². The molecular weight excluding hydrogens is 320 g/mol. The second-order valence-corrected chi connectivity index (χ2v) is 6.97. The molecule has 0 aromatic carbocycles. The summed E-state index contributed by atoms with van der Waals surface area (Å²) in [6.07, 6.45) is 0.452. The number of nitrogens with two attached hydrogens (primary N) is 1. The van der Waals surface area contributed by atoms with Crippen molar-refractivity contribution in [3.63, 3.8) is 0 Å². The minimum absolute atomic E-state index is 0.00583. The van der Waals surface area contributed by atoms with E-state index >= 15 is 0 Å². The summed E-state index contributed by atoms with van der Waals surface area (Å²) < 4.78 is 1.64. The molecule has 0 saturated carbocycles. The lowest BCUT2D eigenvalue weighted by Crippen LogP contribution is -2.47. The maximum absolute atomic E-state index is 12.9. The van der Waals surface area contributed by atoms with E-state index < -0.39 is 6.04 Å². The Morgan fingerprint density at radius 2 is 2.04 bits per heavy atom. The van der Waals surface area contributed by atoms with Crippen molar-refractivity contribution in [1.82, 2.24) is 24.8 Å². The summed E-state index contributed by atoms with van der Waals surface area (Å²) in [6.45, 7) is 7.92. The van der Waals surface area contributed by atoms with Crippen molar-refractivity contribution in [1.29, 1.82) is 0 Å². The first-order valence-corrected chi connectivity index (χ1v) is 8.47. The number of carbonyl (C=O) groups is 2. The smallest absolute Gasteiger partial charge is 0.275 e. The molecule has 2 aromatic heterocycles. The third kappa shape index (κ3) is 3.34. The average molecular weight is 344 g/mol. The average Bonchev–Trinajstić information content (AvgIpc) is 3.09. The van der Waals surface area contributed by atoms with Gasteiger partial charge in [0.15, 0.2) is 11.3 Å². The number of amides is 2. The number of nitrogens with zero attached hydrogens (tertiary/aromatic N) is 4. The Kier molecular flexibility index (Phi) is 4.47. The van der Waals surface area contributed by atoms with E-state index in [1.807, 2.05) is 33.8 Å². The fourth-order valence-electron chi connectivity index (χ4n) is 3.26. The molecule has 3 rings (SSSR count). The van der Waals surface area contributed by atoms with E-state index in [0.717, 1.165) is 11.4 Å². The van der Waals surface area contributed by atoms with E-state index in [2.05, 4.69) is 15.4 Å². The molecule has 2 atom stereocenters. The molecule has 134 valence electrons. The number of nitrogens with one attached hydrogen (secondary N) is 1. The highest BCUT2D eigenvalue weighted by Crippen LogP contribution is 2.20. The van der Waals surface area contributed by atoms with Gasteiger partial charge < -0.3 is 16.0 Å². The molecule has 0 radical (unpaired) electrons. The van der Waals surface area contributed by atoms with Crippen LogP contribution in [-0.2, 0) is 4.79 Å². The number of aromatic nitrogens is 3. The van der Waals surface area contributed by atoms with Gasteiger partial charge in [0.2, 0.25) is 5.91 Å². The van der Waals surface area contributed by atoms with Crippen LogP contribution in [0.4, 0.5) is 0 Å². The molecule has 3 heterocycles. The molecule has 8 heteroatoms. The number of aryl methyl sites for hydroxylation is 2. The lowest BCUT2D eigenvalue weighted by atomic mass is 10.1. The molecule has 1 aliphatic heterocycles. The summed E-state index contributed by atoms with van der Waals surface area (Å²) in [5, 5.41) is 7.23. The number of likely N-dealkylation sites (tertiary alicyclic amines) is 1. The maximum Gasteiger partial charge on any atom is 0.275 e. The molecule has 8 nitrogen and oxygen atoms in total. The largest absolute Gasteiger partial charge is 0.352 e. The van der Waals surface area contributed by atoms with Crippen LogP contribution >= 0.6 is 0 Å². The zero-order valence-electron chi connectivity index (χ0n) is 15.0. The van der Waals surface area contributed by atoms with Crippen LogP contribution in [0.2, 0.25) is 0 Å². The molecule has 0 bridgehead atoms. The minimum Gasteiger partial charge on any atom is -0.352 e. The summed E-state index contributed by atoms with van der Waals surface area (Å²) in [7, 11) is 0. The first-order chi connectivity index (χ1) is 11.8. The van der Waals surface area contributed by atoms with Crippen molar-refractivity contribution in [3.05, 3.63) is 29.2 Å². The predicted octanol–water partition coefficient (Wildman–Crippen LogP) is 0.413. The highest BCUT2D eigenvalue weighted by atomic mass is 16.2. The Bertz CT molecular complexity index is 828. The first kappa shape index (κ1) is 17.3. The molecular formula is C17H24N6O2. The Hall–Kier alpha value is -2.48. The van der Waals surface area contributed by atoms with E-state index in [9.17, 15) is 9.59 Å². The van der Waals surface area contributed by atoms with Gasteiger partial charge in [-0.15, -0.1) is 0 Å². The summed E-state index contributed by atoms with van der Waals surface area (Å²) in [5.41, 5.74) is 8.66. The van der Waals surface area contributed by atoms with Crippen LogP contribution in [0.5, 0.6) is 0 Å². The van der Waals surface area contributed by atoms with E-state index in [1.165, 1.54) is 4.90 Å². The van der Waals surface area contributed by atoms with Crippen molar-refractivity contribution in [2.75, 3.05) is 6.54 Å². The summed E-state index contributed by atoms with van der Waals surface area (Å²) in [5.74, 6) is -0.468. The van der Waals surface area contributed by atoms with Gasteiger partial charge in [-0.3, -0.25) is 9.59 Å². The highest BCUT2D eigenvalue weighted by molar-refractivity contribution is 5.97. The zero-order valence-corrected chi connectivity index (χ0v) is 15.0. The Morgan fingerprint density at radius 3 is 2.72 bits per heavy atom. The normalized spacial score (nSPS) is 20.5. The van der Waals surface area contributed by atoms with Crippen molar-refractivity contribution < 1.29 is 9.59 Å². The standard InChI is InChI=1S/C17H24N6O2/c1-9(2)19-16(24)14-6-12(18)8-22(14)17(25)13-7-15-20-10(3)5-11(4)23(15)21-13/h5,7,9,12,14H,6,8,18H2,1-4H3,(H,19,24)/t12-,14+/m1/s1. The molecule has 0 unspecified atom stereocenters. The van der Waals surface area contributed by atoms with Crippen LogP contribution in [0.3, 0.4) is 0 Å². The van der Waals surface area contributed by atoms with Crippen molar-refractivity contribution in [3.8, 4) is 0 Å². The van der Waals surface area contributed by atoms with Gasteiger partial charge in [0.1, 0.15) is 6.04 Å². The molecule has 1 aliphatic rings. The second kappa shape index (κ2) is 6.44. The summed E-state index contributed by atoms with van der Waals surface area (Å²) in [4.78, 5) is 31.3. The molecule has 2 amide bonds. The zero-order chi connectivity index (χ0) is 18.3. The molecule has 3 N–H and O–H groups in total. The quantitative estimate of drug-likeness (QED) is 0.839. The fraction of sp³-hybridized carbons (Fsp3) is 0.529. The van der Waals surface area contributed by atoms with Gasteiger partial charge in [-0.1, -0.05) is 0 Å². The predicted molar refractivity (Wildman–Crippen MR) is 93.2 cm³/mol. The number of carbonyl (C=O) groups excluding carboxylic acids is 2. The lowest BCUT2D eigenvalue weighted by molar-refractivity contribution is -0.125. The number of hydrogen-bond acceptors (Lipinski definition) is 5. The third-order valence-electron chi connectivity index (χ3n) is 4.28. The first-order valence-electron chi connectivity index (χ1n) is 8.47. The fourth-order valence-corrected chi connectivity index (χ4v) is 3.26. The van der Waals surface area contributed by atoms with Gasteiger partial charge in [0.05, 0.1) is 0 Å². The number of hydrogen-bond donors (Lipinski definition) is 2. The van der Waals surface area contributed by atoms with E-state index in [1.54, 1.807) is 10.6 Å². The second-order valence-electron chi connectivity index (χ2n) is 6.97. The van der Waals surface area contributed by atoms with E-state index in [-0.39, 0.29) is 29.6 Å². The third-order valence-corrected chi connectivity index (χ3v) is 4.28. The monoisotopic (exact) mass is 344 g/mol. The number of rotatable bonds is 3. The Morgan fingerprint density at radius 1 is 1.32 bits per heavy atom.